The molecule has 13 heteroatoms. The Morgan fingerprint density at radius 3 is 1.88 bits per heavy atom. The Kier molecular flexibility index (Phi) is 7.28. The summed E-state index contributed by atoms with van der Waals surface area (Å²) < 4.78 is 25.4. The minimum absolute atomic E-state index is 0.0909. The van der Waals surface area contributed by atoms with Crippen LogP contribution in [-0.4, -0.2) is 72.5 Å². The Labute approximate surface area is 307 Å². The van der Waals surface area contributed by atoms with E-state index in [4.69, 9.17) is 72.3 Å². The molecule has 238 valence electrons. The first-order valence-electron chi connectivity index (χ1n) is 16.8. The number of benzene rings is 5. The SMILES string of the molecule is [B]c1c([B])c([B])c(-c2nc(-c3ccc4c(c3)oc3ccc(B5OC(C)(C)C(C)(C)O5)cc34)nc(-c3cccc4c3oc3ccccc34)n2)c([B])c1[B]. The number of nitrogens with zero attached hydrogens (tertiary/aromatic N) is 3. The van der Waals surface area contributed by atoms with E-state index >= 15 is 0 Å². The molecule has 9 rings (SSSR count). The fraction of sp³-hybridized carbons (Fsp3) is 0.154. The van der Waals surface area contributed by atoms with Gasteiger partial charge in [-0.2, -0.15) is 0 Å². The molecule has 1 fully saturated rings. The summed E-state index contributed by atoms with van der Waals surface area (Å²) in [6.07, 6.45) is 0. The lowest BCUT2D eigenvalue weighted by molar-refractivity contribution is 0.00578. The lowest BCUT2D eigenvalue weighted by atomic mass is 9.60. The summed E-state index contributed by atoms with van der Waals surface area (Å²) in [5.41, 5.74) is 4.76. The molecule has 4 heterocycles. The van der Waals surface area contributed by atoms with Gasteiger partial charge in [0.1, 0.15) is 61.6 Å². The van der Waals surface area contributed by atoms with Crippen molar-refractivity contribution in [1.82, 2.24) is 15.0 Å². The topological polar surface area (TPSA) is 83.4 Å². The molecule has 8 aromatic rings. The van der Waals surface area contributed by atoms with Crippen LogP contribution in [0.15, 0.2) is 87.7 Å². The van der Waals surface area contributed by atoms with E-state index in [1.165, 1.54) is 0 Å². The van der Waals surface area contributed by atoms with Gasteiger partial charge < -0.3 is 18.1 Å². The van der Waals surface area contributed by atoms with Crippen molar-refractivity contribution >= 4 is 123 Å². The summed E-state index contributed by atoms with van der Waals surface area (Å²) in [7, 11) is 31.2. The van der Waals surface area contributed by atoms with Crippen LogP contribution in [0.1, 0.15) is 27.7 Å². The maximum absolute atomic E-state index is 6.52. The quantitative estimate of drug-likeness (QED) is 0.268. The second kappa shape index (κ2) is 11.5. The van der Waals surface area contributed by atoms with Crippen LogP contribution in [0, 0.1) is 0 Å². The van der Waals surface area contributed by atoms with E-state index in [9.17, 15) is 0 Å². The van der Waals surface area contributed by atoms with Crippen LogP contribution in [0.3, 0.4) is 0 Å². The van der Waals surface area contributed by atoms with Crippen LogP contribution in [0.5, 0.6) is 0 Å². The fourth-order valence-corrected chi connectivity index (χ4v) is 6.81. The third kappa shape index (κ3) is 4.93. The average Bonchev–Trinajstić information content (AvgIpc) is 3.77. The predicted octanol–water partition coefficient (Wildman–Crippen LogP) is 2.94. The molecular formula is C39H25B6N3O4. The van der Waals surface area contributed by atoms with Crippen molar-refractivity contribution in [2.45, 2.75) is 38.9 Å². The molecule has 10 radical (unpaired) electrons. The zero-order valence-electron chi connectivity index (χ0n) is 28.9. The molecule has 1 aliphatic heterocycles. The molecular weight excluding hydrogens is 639 g/mol. The Morgan fingerprint density at radius 1 is 0.519 bits per heavy atom. The molecule has 0 spiro atoms. The van der Waals surface area contributed by atoms with Gasteiger partial charge in [-0.1, -0.05) is 59.5 Å². The van der Waals surface area contributed by atoms with Crippen molar-refractivity contribution in [2.75, 3.05) is 0 Å². The molecule has 1 saturated heterocycles. The third-order valence-electron chi connectivity index (χ3n) is 10.5. The van der Waals surface area contributed by atoms with Crippen LogP contribution in [0.25, 0.3) is 78.0 Å². The van der Waals surface area contributed by atoms with E-state index in [0.29, 0.717) is 33.9 Å². The second-order valence-corrected chi connectivity index (χ2v) is 14.2. The van der Waals surface area contributed by atoms with E-state index in [1.807, 2.05) is 100 Å². The van der Waals surface area contributed by atoms with Crippen LogP contribution in [0.2, 0.25) is 0 Å². The Bertz CT molecular complexity index is 2750. The van der Waals surface area contributed by atoms with E-state index in [-0.39, 0.29) is 38.7 Å². The van der Waals surface area contributed by atoms with Gasteiger partial charge in [-0.15, -0.1) is 16.4 Å². The summed E-state index contributed by atoms with van der Waals surface area (Å²) in [4.78, 5) is 14.7. The normalized spacial score (nSPS) is 15.4. The van der Waals surface area contributed by atoms with E-state index in [2.05, 4.69) is 6.07 Å². The van der Waals surface area contributed by atoms with Gasteiger partial charge in [0.2, 0.25) is 0 Å². The summed E-state index contributed by atoms with van der Waals surface area (Å²) >= 11 is 0. The maximum atomic E-state index is 6.52. The van der Waals surface area contributed by atoms with Crippen molar-refractivity contribution in [3.8, 4) is 34.2 Å². The van der Waals surface area contributed by atoms with Crippen molar-refractivity contribution in [1.29, 1.82) is 0 Å². The van der Waals surface area contributed by atoms with E-state index in [0.717, 1.165) is 38.2 Å². The molecule has 52 heavy (non-hydrogen) atoms. The van der Waals surface area contributed by atoms with Crippen LogP contribution >= 0.6 is 0 Å². The minimum atomic E-state index is -0.506. The highest BCUT2D eigenvalue weighted by molar-refractivity contribution is 6.68. The smallest absolute Gasteiger partial charge is 0.456 e. The maximum Gasteiger partial charge on any atom is 0.494 e. The Hall–Kier alpha value is -4.98. The second-order valence-electron chi connectivity index (χ2n) is 14.2. The first-order valence-corrected chi connectivity index (χ1v) is 16.8. The lowest BCUT2D eigenvalue weighted by Gasteiger charge is -2.32. The third-order valence-corrected chi connectivity index (χ3v) is 10.5. The molecule has 5 aromatic carbocycles. The van der Waals surface area contributed by atoms with E-state index in [1.54, 1.807) is 0 Å². The van der Waals surface area contributed by atoms with Crippen molar-refractivity contribution in [2.24, 2.45) is 0 Å². The minimum Gasteiger partial charge on any atom is -0.456 e. The number of furan rings is 2. The van der Waals surface area contributed by atoms with Crippen molar-refractivity contribution < 1.29 is 18.1 Å². The van der Waals surface area contributed by atoms with Gasteiger partial charge >= 0.3 is 7.12 Å². The van der Waals surface area contributed by atoms with Gasteiger partial charge in [0.05, 0.1) is 16.8 Å². The van der Waals surface area contributed by atoms with Crippen molar-refractivity contribution in [3.63, 3.8) is 0 Å². The Balaban J connectivity index is 1.22. The van der Waals surface area contributed by atoms with Crippen LogP contribution in [0.4, 0.5) is 0 Å². The number of hydrogen-bond donors (Lipinski definition) is 0. The molecule has 0 saturated carbocycles. The fourth-order valence-electron chi connectivity index (χ4n) is 6.81. The molecule has 3 aromatic heterocycles. The summed E-state index contributed by atoms with van der Waals surface area (Å²) in [5, 5.41) is 3.72. The first-order chi connectivity index (χ1) is 24.8. The molecule has 0 bridgehead atoms. The summed E-state index contributed by atoms with van der Waals surface area (Å²) in [6, 6.07) is 25.4. The van der Waals surface area contributed by atoms with Gasteiger partial charge in [-0.3, -0.25) is 0 Å². The van der Waals surface area contributed by atoms with Gasteiger partial charge in [0, 0.05) is 32.7 Å². The first kappa shape index (κ1) is 32.9. The molecule has 0 amide bonds. The predicted molar refractivity (Wildman–Crippen MR) is 213 cm³/mol. The zero-order chi connectivity index (χ0) is 36.3. The average molecular weight is 665 g/mol. The standard InChI is InChI=1S/C39H25B6N3O4/c1-38(2)39(3,4)52-45(51-38)19-13-15-26-24(17-19)21-14-12-18(16-27(21)49-26)35-46-36(23-10-7-9-22-20-8-5-6-11-25(20)50-34(22)23)48-37(47-35)28-29(40)31(42)33(44)32(43)30(28)41/h5-17H,1-4H3. The number of para-hydroxylation sites is 2. The summed E-state index contributed by atoms with van der Waals surface area (Å²) in [6.45, 7) is 8.15. The molecule has 0 atom stereocenters. The van der Waals surface area contributed by atoms with Crippen LogP contribution in [-0.2, 0) is 9.31 Å². The molecule has 0 aliphatic carbocycles. The van der Waals surface area contributed by atoms with Gasteiger partial charge in [-0.05, 0) is 63.5 Å². The molecule has 7 nitrogen and oxygen atoms in total. The number of fused-ring (bicyclic) bond motifs is 6. The van der Waals surface area contributed by atoms with Gasteiger partial charge in [-0.25, -0.2) is 15.0 Å². The zero-order valence-corrected chi connectivity index (χ0v) is 28.9. The van der Waals surface area contributed by atoms with E-state index < -0.39 is 18.3 Å². The molecule has 0 N–H and O–H groups in total. The largest absolute Gasteiger partial charge is 0.494 e. The van der Waals surface area contributed by atoms with Crippen molar-refractivity contribution in [3.05, 3.63) is 78.9 Å². The highest BCUT2D eigenvalue weighted by atomic mass is 16.7. The highest BCUT2D eigenvalue weighted by Crippen LogP contribution is 2.38. The summed E-state index contributed by atoms with van der Waals surface area (Å²) in [5.74, 6) is 0.827. The highest BCUT2D eigenvalue weighted by Gasteiger charge is 2.51. The lowest BCUT2D eigenvalue weighted by Crippen LogP contribution is -2.55. The van der Waals surface area contributed by atoms with Gasteiger partial charge in [0.15, 0.2) is 17.5 Å². The molecule has 1 aliphatic rings. The molecule has 0 unspecified atom stereocenters. The van der Waals surface area contributed by atoms with Gasteiger partial charge in [0.25, 0.3) is 0 Å². The number of hydrogen-bond acceptors (Lipinski definition) is 7. The monoisotopic (exact) mass is 665 g/mol. The Morgan fingerprint density at radius 2 is 1.13 bits per heavy atom. The number of aromatic nitrogens is 3. The van der Waals surface area contributed by atoms with Crippen LogP contribution < -0.4 is 32.8 Å². The number of rotatable bonds is 4.